The van der Waals surface area contributed by atoms with Gasteiger partial charge in [0.25, 0.3) is 0 Å². The second-order valence-corrected chi connectivity index (χ2v) is 5.10. The molecule has 1 aliphatic carbocycles. The summed E-state index contributed by atoms with van der Waals surface area (Å²) in [5.74, 6) is -0.866. The van der Waals surface area contributed by atoms with Crippen LogP contribution < -0.4 is 0 Å². The number of imidazole rings is 1. The van der Waals surface area contributed by atoms with Gasteiger partial charge in [0.05, 0.1) is 17.7 Å². The van der Waals surface area contributed by atoms with Crippen LogP contribution in [0.4, 0.5) is 0 Å². The van der Waals surface area contributed by atoms with Gasteiger partial charge in [-0.05, 0) is 31.7 Å². The summed E-state index contributed by atoms with van der Waals surface area (Å²) in [5.41, 5.74) is 3.33. The second-order valence-electron chi connectivity index (χ2n) is 4.19. The van der Waals surface area contributed by atoms with Crippen LogP contribution in [-0.2, 0) is 12.8 Å². The highest BCUT2D eigenvalue weighted by Gasteiger charge is 2.17. The Labute approximate surface area is 103 Å². The molecule has 1 N–H and O–H groups in total. The van der Waals surface area contributed by atoms with Gasteiger partial charge in [-0.2, -0.15) is 0 Å². The Kier molecular flexibility index (Phi) is 2.48. The summed E-state index contributed by atoms with van der Waals surface area (Å²) >= 11 is 1.26. The van der Waals surface area contributed by atoms with Crippen molar-refractivity contribution in [1.82, 2.24) is 9.55 Å². The lowest BCUT2D eigenvalue weighted by Crippen LogP contribution is -2.06. The fourth-order valence-corrected chi connectivity index (χ4v) is 2.98. The summed E-state index contributed by atoms with van der Waals surface area (Å²) in [6, 6.07) is 1.71. The van der Waals surface area contributed by atoms with Gasteiger partial charge in [-0.3, -0.25) is 0 Å². The molecule has 0 aliphatic heterocycles. The second kappa shape index (κ2) is 4.00. The van der Waals surface area contributed by atoms with Crippen LogP contribution in [0.3, 0.4) is 0 Å². The summed E-state index contributed by atoms with van der Waals surface area (Å²) in [6.45, 7) is 0. The number of nitrogens with zero attached hydrogens (tertiary/aromatic N) is 2. The minimum Gasteiger partial charge on any atom is -0.477 e. The number of thiophene rings is 1. The first-order valence-corrected chi connectivity index (χ1v) is 6.51. The molecule has 88 valence electrons. The number of rotatable bonds is 2. The summed E-state index contributed by atoms with van der Waals surface area (Å²) in [5, 5.41) is 10.8. The highest BCUT2D eigenvalue weighted by molar-refractivity contribution is 7.12. The maximum Gasteiger partial charge on any atom is 0.345 e. The Balaban J connectivity index is 2.03. The van der Waals surface area contributed by atoms with Crippen molar-refractivity contribution in [2.24, 2.45) is 0 Å². The smallest absolute Gasteiger partial charge is 0.345 e. The van der Waals surface area contributed by atoms with E-state index in [2.05, 4.69) is 4.98 Å². The van der Waals surface area contributed by atoms with E-state index < -0.39 is 5.97 Å². The van der Waals surface area contributed by atoms with Crippen LogP contribution in [0.1, 0.15) is 33.9 Å². The van der Waals surface area contributed by atoms with E-state index in [-0.39, 0.29) is 0 Å². The van der Waals surface area contributed by atoms with E-state index in [1.807, 2.05) is 16.3 Å². The van der Waals surface area contributed by atoms with Crippen molar-refractivity contribution in [3.05, 3.63) is 34.0 Å². The zero-order valence-corrected chi connectivity index (χ0v) is 10.0. The molecule has 0 fully saturated rings. The van der Waals surface area contributed by atoms with Crippen LogP contribution in [-0.4, -0.2) is 20.6 Å². The largest absolute Gasteiger partial charge is 0.477 e. The first kappa shape index (κ1) is 10.5. The average Bonchev–Trinajstić information content (AvgIpc) is 2.95. The standard InChI is InChI=1S/C12H12N2O2S/c15-12(16)11-5-8(6-17-11)14-7-13-9-3-1-2-4-10(9)14/h5-7H,1-4H2,(H,15,16). The number of fused-ring (bicyclic) bond motifs is 1. The predicted molar refractivity (Wildman–Crippen MR) is 65.0 cm³/mol. The lowest BCUT2D eigenvalue weighted by atomic mass is 10.0. The molecular formula is C12H12N2O2S. The highest BCUT2D eigenvalue weighted by Crippen LogP contribution is 2.25. The molecule has 2 heterocycles. The Hall–Kier alpha value is -1.62. The topological polar surface area (TPSA) is 55.1 Å². The van der Waals surface area contributed by atoms with Crippen molar-refractivity contribution in [1.29, 1.82) is 0 Å². The van der Waals surface area contributed by atoms with E-state index in [0.717, 1.165) is 18.5 Å². The zero-order valence-electron chi connectivity index (χ0n) is 9.22. The maximum absolute atomic E-state index is 10.9. The Morgan fingerprint density at radius 3 is 3.00 bits per heavy atom. The van der Waals surface area contributed by atoms with Crippen LogP contribution in [0, 0.1) is 0 Å². The molecule has 1 aliphatic rings. The first-order valence-electron chi connectivity index (χ1n) is 5.63. The zero-order chi connectivity index (χ0) is 11.8. The van der Waals surface area contributed by atoms with Gasteiger partial charge in [0.2, 0.25) is 0 Å². The van der Waals surface area contributed by atoms with E-state index in [0.29, 0.717) is 4.88 Å². The SMILES string of the molecule is O=C(O)c1cc(-n2cnc3c2CCCC3)cs1. The van der Waals surface area contributed by atoms with Crippen molar-refractivity contribution in [3.8, 4) is 5.69 Å². The molecule has 2 aromatic rings. The number of aromatic nitrogens is 2. The number of aromatic carboxylic acids is 1. The molecule has 0 saturated carbocycles. The van der Waals surface area contributed by atoms with E-state index in [1.54, 1.807) is 6.07 Å². The maximum atomic E-state index is 10.9. The Bertz CT molecular complexity index is 571. The molecule has 4 nitrogen and oxygen atoms in total. The van der Waals surface area contributed by atoms with Crippen molar-refractivity contribution in [3.63, 3.8) is 0 Å². The number of carboxylic acid groups (broad SMARTS) is 1. The summed E-state index contributed by atoms with van der Waals surface area (Å²) in [6.07, 6.45) is 6.28. The van der Waals surface area contributed by atoms with Gasteiger partial charge in [0.15, 0.2) is 0 Å². The molecule has 2 aromatic heterocycles. The molecule has 0 saturated heterocycles. The van der Waals surface area contributed by atoms with Crippen LogP contribution in [0.2, 0.25) is 0 Å². The third kappa shape index (κ3) is 1.76. The van der Waals surface area contributed by atoms with Gasteiger partial charge in [-0.1, -0.05) is 0 Å². The molecule has 3 rings (SSSR count). The van der Waals surface area contributed by atoms with Gasteiger partial charge in [-0.25, -0.2) is 9.78 Å². The van der Waals surface area contributed by atoms with Gasteiger partial charge in [-0.15, -0.1) is 11.3 Å². The Morgan fingerprint density at radius 1 is 1.41 bits per heavy atom. The van der Waals surface area contributed by atoms with Crippen LogP contribution in [0.15, 0.2) is 17.8 Å². The van der Waals surface area contributed by atoms with Crippen molar-refractivity contribution >= 4 is 17.3 Å². The number of hydrogen-bond acceptors (Lipinski definition) is 3. The molecule has 0 aromatic carbocycles. The van der Waals surface area contributed by atoms with E-state index in [1.165, 1.54) is 35.6 Å². The van der Waals surface area contributed by atoms with Crippen molar-refractivity contribution < 1.29 is 9.90 Å². The summed E-state index contributed by atoms with van der Waals surface area (Å²) in [7, 11) is 0. The van der Waals surface area contributed by atoms with Gasteiger partial charge >= 0.3 is 5.97 Å². The normalized spacial score (nSPS) is 14.6. The molecule has 0 atom stereocenters. The lowest BCUT2D eigenvalue weighted by Gasteiger charge is -2.12. The third-order valence-electron chi connectivity index (χ3n) is 3.10. The van der Waals surface area contributed by atoms with Crippen LogP contribution >= 0.6 is 11.3 Å². The molecule has 5 heteroatoms. The monoisotopic (exact) mass is 248 g/mol. The minimum atomic E-state index is -0.866. The van der Waals surface area contributed by atoms with Crippen molar-refractivity contribution in [2.75, 3.05) is 0 Å². The van der Waals surface area contributed by atoms with E-state index in [4.69, 9.17) is 5.11 Å². The lowest BCUT2D eigenvalue weighted by molar-refractivity contribution is 0.0702. The van der Waals surface area contributed by atoms with E-state index >= 15 is 0 Å². The fourth-order valence-electron chi connectivity index (χ4n) is 2.26. The molecular weight excluding hydrogens is 236 g/mol. The average molecular weight is 248 g/mol. The molecule has 17 heavy (non-hydrogen) atoms. The highest BCUT2D eigenvalue weighted by atomic mass is 32.1. The number of carboxylic acids is 1. The van der Waals surface area contributed by atoms with Gasteiger partial charge < -0.3 is 9.67 Å². The molecule has 0 spiro atoms. The first-order chi connectivity index (χ1) is 8.25. The van der Waals surface area contributed by atoms with E-state index in [9.17, 15) is 4.79 Å². The van der Waals surface area contributed by atoms with Crippen LogP contribution in [0.5, 0.6) is 0 Å². The molecule has 0 amide bonds. The molecule has 0 bridgehead atoms. The molecule has 0 radical (unpaired) electrons. The number of carbonyl (C=O) groups is 1. The Morgan fingerprint density at radius 2 is 2.24 bits per heavy atom. The van der Waals surface area contributed by atoms with Crippen molar-refractivity contribution in [2.45, 2.75) is 25.7 Å². The predicted octanol–water partition coefficient (Wildman–Crippen LogP) is 2.51. The quantitative estimate of drug-likeness (QED) is 0.888. The van der Waals surface area contributed by atoms with Gasteiger partial charge in [0, 0.05) is 11.1 Å². The summed E-state index contributed by atoms with van der Waals surface area (Å²) in [4.78, 5) is 15.6. The summed E-state index contributed by atoms with van der Waals surface area (Å²) < 4.78 is 2.03. The molecule has 0 unspecified atom stereocenters. The third-order valence-corrected chi connectivity index (χ3v) is 4.01. The van der Waals surface area contributed by atoms with Gasteiger partial charge in [0.1, 0.15) is 4.88 Å². The number of hydrogen-bond donors (Lipinski definition) is 1. The number of aryl methyl sites for hydroxylation is 1. The fraction of sp³-hybridized carbons (Fsp3) is 0.333. The minimum absolute atomic E-state index is 0.373. The van der Waals surface area contributed by atoms with Crippen LogP contribution in [0.25, 0.3) is 5.69 Å².